The summed E-state index contributed by atoms with van der Waals surface area (Å²) in [6.45, 7) is 1.70. The summed E-state index contributed by atoms with van der Waals surface area (Å²) in [6, 6.07) is 1.40. The van der Waals surface area contributed by atoms with Crippen LogP contribution >= 0.6 is 11.6 Å². The van der Waals surface area contributed by atoms with Crippen LogP contribution in [-0.2, 0) is 11.2 Å². The van der Waals surface area contributed by atoms with Crippen LogP contribution in [0.25, 0.3) is 0 Å². The fourth-order valence-corrected chi connectivity index (χ4v) is 1.46. The maximum Gasteiger partial charge on any atom is 0.320 e. The van der Waals surface area contributed by atoms with Crippen molar-refractivity contribution in [1.29, 1.82) is 0 Å². The van der Waals surface area contributed by atoms with Crippen molar-refractivity contribution in [1.82, 2.24) is 0 Å². The Morgan fingerprint density at radius 3 is 2.80 bits per heavy atom. The molecule has 0 aliphatic rings. The van der Waals surface area contributed by atoms with E-state index in [2.05, 4.69) is 0 Å². The van der Waals surface area contributed by atoms with E-state index in [-0.39, 0.29) is 11.4 Å². The number of hydrogen-bond donors (Lipinski definition) is 2. The van der Waals surface area contributed by atoms with E-state index in [1.165, 1.54) is 12.1 Å². The smallest absolute Gasteiger partial charge is 0.320 e. The molecule has 0 amide bonds. The molecule has 0 aromatic heterocycles. The van der Waals surface area contributed by atoms with Crippen LogP contribution in [0.4, 0.5) is 4.39 Å². The van der Waals surface area contributed by atoms with Gasteiger partial charge in [0.05, 0.1) is 0 Å². The van der Waals surface area contributed by atoms with Crippen LogP contribution in [0.5, 0.6) is 0 Å². The minimum absolute atomic E-state index is 0.0681. The molecule has 1 atom stereocenters. The Bertz CT molecular complexity index is 395. The lowest BCUT2D eigenvalue weighted by Crippen LogP contribution is -2.32. The van der Waals surface area contributed by atoms with E-state index in [9.17, 15) is 9.18 Å². The number of benzene rings is 1. The molecule has 1 aromatic rings. The van der Waals surface area contributed by atoms with Crippen molar-refractivity contribution in [3.63, 3.8) is 0 Å². The third-order valence-electron chi connectivity index (χ3n) is 2.17. The highest BCUT2D eigenvalue weighted by molar-refractivity contribution is 6.31. The molecule has 0 radical (unpaired) electrons. The van der Waals surface area contributed by atoms with Gasteiger partial charge in [0, 0.05) is 5.02 Å². The lowest BCUT2D eigenvalue weighted by atomic mass is 10.0. The molecule has 82 valence electrons. The zero-order valence-corrected chi connectivity index (χ0v) is 8.88. The molecular formula is C10H11ClFNO2. The summed E-state index contributed by atoms with van der Waals surface area (Å²) >= 11 is 5.75. The first-order valence-electron chi connectivity index (χ1n) is 4.34. The molecule has 1 unspecified atom stereocenters. The molecular weight excluding hydrogens is 221 g/mol. The van der Waals surface area contributed by atoms with Crippen LogP contribution < -0.4 is 5.73 Å². The van der Waals surface area contributed by atoms with Gasteiger partial charge in [0.2, 0.25) is 0 Å². The highest BCUT2D eigenvalue weighted by Gasteiger charge is 2.15. The standard InChI is InChI=1S/C10H11ClFNO2/c1-5-6(3-9(13)10(14)15)2-7(12)4-8(5)11/h2,4,9H,3,13H2,1H3,(H,14,15). The molecule has 1 rings (SSSR count). The second-order valence-corrected chi connectivity index (χ2v) is 3.73. The Labute approximate surface area is 91.7 Å². The van der Waals surface area contributed by atoms with Crippen molar-refractivity contribution in [2.24, 2.45) is 5.73 Å². The summed E-state index contributed by atoms with van der Waals surface area (Å²) in [6.07, 6.45) is 0.0681. The SMILES string of the molecule is Cc1c(Cl)cc(F)cc1CC(N)C(=O)O. The largest absolute Gasteiger partial charge is 0.480 e. The van der Waals surface area contributed by atoms with Crippen molar-refractivity contribution in [3.8, 4) is 0 Å². The normalized spacial score (nSPS) is 12.5. The monoisotopic (exact) mass is 231 g/mol. The summed E-state index contributed by atoms with van der Waals surface area (Å²) in [5.74, 6) is -1.60. The van der Waals surface area contributed by atoms with E-state index < -0.39 is 17.8 Å². The van der Waals surface area contributed by atoms with Gasteiger partial charge in [-0.3, -0.25) is 4.79 Å². The summed E-state index contributed by atoms with van der Waals surface area (Å²) < 4.78 is 13.0. The number of carboxylic acid groups (broad SMARTS) is 1. The molecule has 0 heterocycles. The fraction of sp³-hybridized carbons (Fsp3) is 0.300. The van der Waals surface area contributed by atoms with E-state index >= 15 is 0 Å². The second-order valence-electron chi connectivity index (χ2n) is 3.32. The highest BCUT2D eigenvalue weighted by Crippen LogP contribution is 2.21. The predicted molar refractivity (Wildman–Crippen MR) is 55.5 cm³/mol. The fourth-order valence-electron chi connectivity index (χ4n) is 1.24. The van der Waals surface area contributed by atoms with Gasteiger partial charge in [-0.05, 0) is 36.6 Å². The lowest BCUT2D eigenvalue weighted by molar-refractivity contribution is -0.138. The summed E-state index contributed by atoms with van der Waals surface area (Å²) in [4.78, 5) is 10.5. The molecule has 0 saturated carbocycles. The minimum atomic E-state index is -1.12. The number of rotatable bonds is 3. The van der Waals surface area contributed by atoms with Gasteiger partial charge in [-0.1, -0.05) is 11.6 Å². The quantitative estimate of drug-likeness (QED) is 0.833. The number of carboxylic acids is 1. The molecule has 3 nitrogen and oxygen atoms in total. The van der Waals surface area contributed by atoms with E-state index in [0.29, 0.717) is 11.1 Å². The Kier molecular flexibility index (Phi) is 3.66. The van der Waals surface area contributed by atoms with Crippen LogP contribution in [0, 0.1) is 12.7 Å². The number of carbonyl (C=O) groups is 1. The highest BCUT2D eigenvalue weighted by atomic mass is 35.5. The average molecular weight is 232 g/mol. The Morgan fingerprint density at radius 2 is 2.27 bits per heavy atom. The van der Waals surface area contributed by atoms with Crippen molar-refractivity contribution in [2.45, 2.75) is 19.4 Å². The molecule has 1 aromatic carbocycles. The molecule has 0 aliphatic carbocycles. The molecule has 0 saturated heterocycles. The van der Waals surface area contributed by atoms with Gasteiger partial charge in [-0.2, -0.15) is 0 Å². The van der Waals surface area contributed by atoms with Crippen molar-refractivity contribution >= 4 is 17.6 Å². The van der Waals surface area contributed by atoms with Crippen molar-refractivity contribution in [3.05, 3.63) is 34.1 Å². The lowest BCUT2D eigenvalue weighted by Gasteiger charge is -2.10. The van der Waals surface area contributed by atoms with Crippen LogP contribution in [0.15, 0.2) is 12.1 Å². The van der Waals surface area contributed by atoms with Gasteiger partial charge in [0.25, 0.3) is 0 Å². The van der Waals surface area contributed by atoms with Crippen LogP contribution in [0.1, 0.15) is 11.1 Å². The first-order valence-corrected chi connectivity index (χ1v) is 4.72. The van der Waals surface area contributed by atoms with Crippen molar-refractivity contribution < 1.29 is 14.3 Å². The minimum Gasteiger partial charge on any atom is -0.480 e. The number of halogens is 2. The molecule has 0 spiro atoms. The van der Waals surface area contributed by atoms with Crippen molar-refractivity contribution in [2.75, 3.05) is 0 Å². The van der Waals surface area contributed by atoms with Gasteiger partial charge in [-0.25, -0.2) is 4.39 Å². The van der Waals surface area contributed by atoms with Gasteiger partial charge >= 0.3 is 5.97 Å². The summed E-state index contributed by atoms with van der Waals surface area (Å²) in [7, 11) is 0. The average Bonchev–Trinajstić information content (AvgIpc) is 2.13. The van der Waals surface area contributed by atoms with Gasteiger partial charge in [0.15, 0.2) is 0 Å². The Morgan fingerprint density at radius 1 is 1.67 bits per heavy atom. The van der Waals surface area contributed by atoms with Crippen LogP contribution in [0.2, 0.25) is 5.02 Å². The number of nitrogens with two attached hydrogens (primary N) is 1. The molecule has 3 N–H and O–H groups in total. The Hall–Kier alpha value is -1.13. The summed E-state index contributed by atoms with van der Waals surface area (Å²) in [5.41, 5.74) is 6.54. The first-order chi connectivity index (χ1) is 6.91. The maximum absolute atomic E-state index is 13.0. The molecule has 0 fully saturated rings. The zero-order chi connectivity index (χ0) is 11.6. The van der Waals surface area contributed by atoms with E-state index in [0.717, 1.165) is 0 Å². The van der Waals surface area contributed by atoms with Gasteiger partial charge in [-0.15, -0.1) is 0 Å². The topological polar surface area (TPSA) is 63.3 Å². The maximum atomic E-state index is 13.0. The third-order valence-corrected chi connectivity index (χ3v) is 2.57. The first kappa shape index (κ1) is 11.9. The van der Waals surface area contributed by atoms with E-state index in [4.69, 9.17) is 22.4 Å². The summed E-state index contributed by atoms with van der Waals surface area (Å²) in [5, 5.41) is 8.90. The number of hydrogen-bond acceptors (Lipinski definition) is 2. The molecule has 0 aliphatic heterocycles. The van der Waals surface area contributed by atoms with E-state index in [1.807, 2.05) is 0 Å². The molecule has 0 bridgehead atoms. The van der Waals surface area contributed by atoms with E-state index in [1.54, 1.807) is 6.92 Å². The Balaban J connectivity index is 2.99. The predicted octanol–water partition coefficient (Wildman–Crippen LogP) is 1.74. The van der Waals surface area contributed by atoms with Crippen LogP contribution in [0.3, 0.4) is 0 Å². The second kappa shape index (κ2) is 4.59. The molecule has 15 heavy (non-hydrogen) atoms. The zero-order valence-electron chi connectivity index (χ0n) is 8.13. The van der Waals surface area contributed by atoms with Gasteiger partial charge < -0.3 is 10.8 Å². The van der Waals surface area contributed by atoms with Crippen LogP contribution in [-0.4, -0.2) is 17.1 Å². The van der Waals surface area contributed by atoms with Gasteiger partial charge in [0.1, 0.15) is 11.9 Å². The molecule has 5 heteroatoms. The third kappa shape index (κ3) is 2.91. The number of aliphatic carboxylic acids is 1.